The van der Waals surface area contributed by atoms with Gasteiger partial charge in [-0.3, -0.25) is 9.69 Å². The van der Waals surface area contributed by atoms with Gasteiger partial charge in [-0.2, -0.15) is 18.3 Å². The number of methoxy groups -OCH3 is 1. The quantitative estimate of drug-likeness (QED) is 0.588. The van der Waals surface area contributed by atoms with E-state index in [0.29, 0.717) is 37.7 Å². The summed E-state index contributed by atoms with van der Waals surface area (Å²) in [5.74, 6) is 0.902. The maximum atomic E-state index is 14.2. The summed E-state index contributed by atoms with van der Waals surface area (Å²) in [5, 5.41) is 7.59. The lowest BCUT2D eigenvalue weighted by Crippen LogP contribution is -2.54. The third-order valence-corrected chi connectivity index (χ3v) is 9.98. The Kier molecular flexibility index (Phi) is 6.39. The SMILES string of the molecule is CO[C@@H]1COCC[C@@H]1N(C)[C@@H]1C[C@H]2CCC[C@@]2(C(=O)N2C[C@H]3C[C@H]2CN3c2cc(C(F)(F)F)cnn2)C1. The molecule has 0 unspecified atom stereocenters. The molecule has 3 aliphatic heterocycles. The van der Waals surface area contributed by atoms with Crippen molar-refractivity contribution in [3.8, 4) is 0 Å². The number of fused-ring (bicyclic) bond motifs is 3. The summed E-state index contributed by atoms with van der Waals surface area (Å²) >= 11 is 0. The van der Waals surface area contributed by atoms with Crippen molar-refractivity contribution in [3.05, 3.63) is 17.8 Å². The number of amides is 1. The first-order valence-corrected chi connectivity index (χ1v) is 13.5. The highest BCUT2D eigenvalue weighted by molar-refractivity contribution is 5.85. The van der Waals surface area contributed by atoms with Crippen LogP contribution in [0.4, 0.5) is 19.0 Å². The number of halogens is 3. The Morgan fingerprint density at radius 1 is 1.24 bits per heavy atom. The van der Waals surface area contributed by atoms with Crippen LogP contribution < -0.4 is 4.90 Å². The standard InChI is InChI=1S/C26H36F3N5O3/c1-32(21-5-7-37-15-22(21)36-2)18-8-16-4-3-6-25(16,11-18)24(35)34-14-19-10-20(34)13-33(19)23-9-17(12-30-31-23)26(27,28)29/h9,12,16,18-22H,3-8,10-11,13-15H2,1-2H3/t16-,18-,19-,20+,21+,22-,25-/m1/s1. The summed E-state index contributed by atoms with van der Waals surface area (Å²) in [6, 6.07) is 1.69. The lowest BCUT2D eigenvalue weighted by atomic mass is 9.78. The van der Waals surface area contributed by atoms with E-state index in [1.165, 1.54) is 0 Å². The number of aromatic nitrogens is 2. The van der Waals surface area contributed by atoms with Gasteiger partial charge in [0.25, 0.3) is 0 Å². The van der Waals surface area contributed by atoms with Crippen LogP contribution in [0.25, 0.3) is 0 Å². The van der Waals surface area contributed by atoms with E-state index in [0.717, 1.165) is 63.8 Å². The van der Waals surface area contributed by atoms with Gasteiger partial charge in [-0.05, 0) is 57.6 Å². The van der Waals surface area contributed by atoms with Crippen LogP contribution in [0.1, 0.15) is 50.5 Å². The topological polar surface area (TPSA) is 71.0 Å². The molecule has 0 radical (unpaired) electrons. The molecular formula is C26H36F3N5O3. The average Bonchev–Trinajstić information content (AvgIpc) is 3.67. The number of anilines is 1. The average molecular weight is 524 g/mol. The minimum Gasteiger partial charge on any atom is -0.379 e. The number of piperazine rings is 1. The van der Waals surface area contributed by atoms with Gasteiger partial charge in [0.05, 0.1) is 42.0 Å². The maximum Gasteiger partial charge on any atom is 0.418 e. The Hall–Kier alpha value is -1.98. The molecule has 2 aliphatic carbocycles. The van der Waals surface area contributed by atoms with E-state index in [1.807, 2.05) is 4.90 Å². The molecule has 1 aromatic heterocycles. The molecule has 3 saturated heterocycles. The molecule has 1 amide bonds. The van der Waals surface area contributed by atoms with Crippen LogP contribution in [-0.2, 0) is 20.4 Å². The third kappa shape index (κ3) is 4.21. The molecule has 4 heterocycles. The molecule has 5 fully saturated rings. The number of carbonyl (C=O) groups is 1. The molecule has 2 bridgehead atoms. The van der Waals surface area contributed by atoms with Gasteiger partial charge in [-0.15, -0.1) is 5.10 Å². The monoisotopic (exact) mass is 523 g/mol. The smallest absolute Gasteiger partial charge is 0.379 e. The number of ether oxygens (including phenoxy) is 2. The van der Waals surface area contributed by atoms with Gasteiger partial charge >= 0.3 is 6.18 Å². The van der Waals surface area contributed by atoms with Gasteiger partial charge in [-0.1, -0.05) is 6.42 Å². The van der Waals surface area contributed by atoms with E-state index in [9.17, 15) is 18.0 Å². The van der Waals surface area contributed by atoms with Crippen LogP contribution in [0.2, 0.25) is 0 Å². The minimum atomic E-state index is -4.46. The molecule has 0 aromatic carbocycles. The van der Waals surface area contributed by atoms with Crippen LogP contribution in [0.5, 0.6) is 0 Å². The third-order valence-electron chi connectivity index (χ3n) is 9.98. The zero-order chi connectivity index (χ0) is 25.9. The summed E-state index contributed by atoms with van der Waals surface area (Å²) in [5.41, 5.74) is -1.11. The van der Waals surface area contributed by atoms with Crippen molar-refractivity contribution >= 4 is 11.7 Å². The van der Waals surface area contributed by atoms with Crippen LogP contribution in [-0.4, -0.2) is 96.6 Å². The second-order valence-corrected chi connectivity index (χ2v) is 11.7. The highest BCUT2D eigenvalue weighted by atomic mass is 19.4. The normalized spacial score (nSPS) is 37.6. The van der Waals surface area contributed by atoms with Crippen LogP contribution in [0.15, 0.2) is 12.3 Å². The Morgan fingerprint density at radius 2 is 2.08 bits per heavy atom. The van der Waals surface area contributed by atoms with E-state index in [2.05, 4.69) is 27.0 Å². The first-order valence-electron chi connectivity index (χ1n) is 13.5. The molecule has 5 aliphatic rings. The molecule has 0 spiro atoms. The number of likely N-dealkylation sites (tertiary alicyclic amines) is 1. The molecule has 1 aromatic rings. The zero-order valence-electron chi connectivity index (χ0n) is 21.5. The number of nitrogens with zero attached hydrogens (tertiary/aromatic N) is 5. The molecule has 8 nitrogen and oxygen atoms in total. The molecule has 2 saturated carbocycles. The molecular weight excluding hydrogens is 487 g/mol. The lowest BCUT2D eigenvalue weighted by Gasteiger charge is -2.42. The fourth-order valence-electron chi connectivity index (χ4n) is 8.06. The van der Waals surface area contributed by atoms with Crippen molar-refractivity contribution in [2.75, 3.05) is 45.4 Å². The number of likely N-dealkylation sites (N-methyl/N-ethyl adjacent to an activating group) is 1. The number of hydrogen-bond acceptors (Lipinski definition) is 7. The second kappa shape index (κ2) is 9.34. The Balaban J connectivity index is 1.15. The predicted molar refractivity (Wildman–Crippen MR) is 129 cm³/mol. The highest BCUT2D eigenvalue weighted by Gasteiger charge is 2.60. The van der Waals surface area contributed by atoms with Crippen molar-refractivity contribution in [1.29, 1.82) is 0 Å². The number of hydrogen-bond donors (Lipinski definition) is 0. The molecule has 37 heavy (non-hydrogen) atoms. The van der Waals surface area contributed by atoms with Crippen LogP contribution in [0.3, 0.4) is 0 Å². The Labute approximate surface area is 215 Å². The van der Waals surface area contributed by atoms with E-state index in [1.54, 1.807) is 7.11 Å². The van der Waals surface area contributed by atoms with Gasteiger partial charge in [0, 0.05) is 38.9 Å². The van der Waals surface area contributed by atoms with Gasteiger partial charge in [0.2, 0.25) is 5.91 Å². The summed E-state index contributed by atoms with van der Waals surface area (Å²) in [6.45, 7) is 2.39. The summed E-state index contributed by atoms with van der Waals surface area (Å²) in [7, 11) is 3.92. The van der Waals surface area contributed by atoms with Crippen molar-refractivity contribution in [1.82, 2.24) is 20.0 Å². The highest BCUT2D eigenvalue weighted by Crippen LogP contribution is 2.57. The predicted octanol–water partition coefficient (Wildman–Crippen LogP) is 2.97. The number of carbonyl (C=O) groups excluding carboxylic acids is 1. The van der Waals surface area contributed by atoms with E-state index >= 15 is 0 Å². The Bertz CT molecular complexity index is 1030. The first-order chi connectivity index (χ1) is 17.7. The van der Waals surface area contributed by atoms with Crippen molar-refractivity contribution in [2.24, 2.45) is 11.3 Å². The largest absolute Gasteiger partial charge is 0.418 e. The summed E-state index contributed by atoms with van der Waals surface area (Å²) in [6.07, 6.45) is 3.06. The summed E-state index contributed by atoms with van der Waals surface area (Å²) in [4.78, 5) is 20.6. The maximum absolute atomic E-state index is 14.2. The molecule has 7 atom stereocenters. The first kappa shape index (κ1) is 25.3. The van der Waals surface area contributed by atoms with E-state index < -0.39 is 11.7 Å². The van der Waals surface area contributed by atoms with Gasteiger partial charge in [-0.25, -0.2) is 0 Å². The van der Waals surface area contributed by atoms with Gasteiger partial charge < -0.3 is 19.3 Å². The zero-order valence-corrected chi connectivity index (χ0v) is 21.5. The minimum absolute atomic E-state index is 0.00890. The van der Waals surface area contributed by atoms with Crippen molar-refractivity contribution in [2.45, 2.75) is 81.4 Å². The van der Waals surface area contributed by atoms with Crippen LogP contribution >= 0.6 is 0 Å². The summed E-state index contributed by atoms with van der Waals surface area (Å²) < 4.78 is 50.9. The number of rotatable bonds is 5. The van der Waals surface area contributed by atoms with Crippen molar-refractivity contribution in [3.63, 3.8) is 0 Å². The van der Waals surface area contributed by atoms with Gasteiger partial charge in [0.15, 0.2) is 5.82 Å². The number of alkyl halides is 3. The fraction of sp³-hybridized carbons (Fsp3) is 0.808. The second-order valence-electron chi connectivity index (χ2n) is 11.7. The molecule has 0 N–H and O–H groups in total. The van der Waals surface area contributed by atoms with E-state index in [-0.39, 0.29) is 35.3 Å². The lowest BCUT2D eigenvalue weighted by molar-refractivity contribution is -0.145. The van der Waals surface area contributed by atoms with Crippen molar-refractivity contribution < 1.29 is 27.4 Å². The van der Waals surface area contributed by atoms with Gasteiger partial charge in [0.1, 0.15) is 0 Å². The Morgan fingerprint density at radius 3 is 2.81 bits per heavy atom. The molecule has 204 valence electrons. The van der Waals surface area contributed by atoms with E-state index in [4.69, 9.17) is 9.47 Å². The molecule has 6 rings (SSSR count). The fourth-order valence-corrected chi connectivity index (χ4v) is 8.06. The molecule has 11 heteroatoms. The van der Waals surface area contributed by atoms with Crippen LogP contribution in [0, 0.1) is 11.3 Å².